The van der Waals surface area contributed by atoms with E-state index in [-0.39, 0.29) is 23.7 Å². The Morgan fingerprint density at radius 1 is 1.28 bits per heavy atom. The van der Waals surface area contributed by atoms with Crippen LogP contribution in [0.2, 0.25) is 0 Å². The number of amides is 1. The summed E-state index contributed by atoms with van der Waals surface area (Å²) in [5.74, 6) is -0.0365. The molecule has 3 aromatic rings. The summed E-state index contributed by atoms with van der Waals surface area (Å²) in [5.41, 5.74) is 1.57. The maximum Gasteiger partial charge on any atom is 0.259 e. The second kappa shape index (κ2) is 6.40. The van der Waals surface area contributed by atoms with Crippen LogP contribution >= 0.6 is 11.3 Å². The Balaban J connectivity index is 1.47. The number of nitrogens with one attached hydrogen (secondary N) is 2. The van der Waals surface area contributed by atoms with Crippen LogP contribution in [0, 0.1) is 5.82 Å². The zero-order valence-corrected chi connectivity index (χ0v) is 14.2. The van der Waals surface area contributed by atoms with E-state index < -0.39 is 0 Å². The molecule has 0 aliphatic heterocycles. The largest absolute Gasteiger partial charge is 0.326 e. The van der Waals surface area contributed by atoms with Gasteiger partial charge in [0, 0.05) is 23.4 Å². The van der Waals surface area contributed by atoms with Crippen molar-refractivity contribution in [3.63, 3.8) is 0 Å². The van der Waals surface area contributed by atoms with Gasteiger partial charge in [-0.15, -0.1) is 11.3 Å². The normalized spacial score (nSPS) is 13.2. The standard InChI is InChI=1S/C18H16FN3O2S/c19-10-4-6-11(7-5-10)20-15(23)9-8-14-21-17(24)16-12-2-1-3-13(12)25-18(16)22-14/h4-7H,1-3,8-9H2,(H,20,23)(H,21,22,24). The summed E-state index contributed by atoms with van der Waals surface area (Å²) < 4.78 is 12.9. The Hall–Kier alpha value is -2.54. The molecule has 0 fully saturated rings. The van der Waals surface area contributed by atoms with Crippen LogP contribution < -0.4 is 10.9 Å². The number of halogens is 1. The molecule has 2 N–H and O–H groups in total. The highest BCUT2D eigenvalue weighted by Gasteiger charge is 2.21. The third-order valence-electron chi connectivity index (χ3n) is 4.34. The number of aromatic nitrogens is 2. The van der Waals surface area contributed by atoms with E-state index in [9.17, 15) is 14.0 Å². The molecule has 7 heteroatoms. The summed E-state index contributed by atoms with van der Waals surface area (Å²) >= 11 is 1.59. The molecule has 1 amide bonds. The summed E-state index contributed by atoms with van der Waals surface area (Å²) in [6.45, 7) is 0. The third kappa shape index (κ3) is 3.19. The molecule has 1 aliphatic rings. The number of carbonyl (C=O) groups is 1. The fourth-order valence-electron chi connectivity index (χ4n) is 3.15. The molecule has 4 rings (SSSR count). The minimum atomic E-state index is -0.351. The summed E-state index contributed by atoms with van der Waals surface area (Å²) in [6.07, 6.45) is 3.60. The van der Waals surface area contributed by atoms with Crippen molar-refractivity contribution in [2.24, 2.45) is 0 Å². The molecule has 128 valence electrons. The predicted molar refractivity (Wildman–Crippen MR) is 95.6 cm³/mol. The van der Waals surface area contributed by atoms with Crippen molar-refractivity contribution in [2.75, 3.05) is 5.32 Å². The number of thiophene rings is 1. The minimum absolute atomic E-state index is 0.113. The first-order chi connectivity index (χ1) is 12.1. The zero-order valence-electron chi connectivity index (χ0n) is 13.4. The molecule has 1 aliphatic carbocycles. The molecule has 0 spiro atoms. The lowest BCUT2D eigenvalue weighted by Crippen LogP contribution is -2.16. The van der Waals surface area contributed by atoms with Gasteiger partial charge < -0.3 is 10.3 Å². The van der Waals surface area contributed by atoms with Gasteiger partial charge in [-0.05, 0) is 49.1 Å². The number of anilines is 1. The molecule has 0 saturated heterocycles. The van der Waals surface area contributed by atoms with E-state index in [1.807, 2.05) is 0 Å². The molecule has 1 aromatic carbocycles. The average molecular weight is 357 g/mol. The Bertz CT molecular complexity index is 1010. The lowest BCUT2D eigenvalue weighted by Gasteiger charge is -2.05. The second-order valence-corrected chi connectivity index (χ2v) is 7.19. The fraction of sp³-hybridized carbons (Fsp3) is 0.278. The van der Waals surface area contributed by atoms with Gasteiger partial charge in [0.25, 0.3) is 5.56 Å². The number of hydrogen-bond acceptors (Lipinski definition) is 4. The molecule has 2 heterocycles. The predicted octanol–water partition coefficient (Wildman–Crippen LogP) is 3.18. The van der Waals surface area contributed by atoms with E-state index >= 15 is 0 Å². The molecular formula is C18H16FN3O2S. The van der Waals surface area contributed by atoms with Gasteiger partial charge in [-0.2, -0.15) is 0 Å². The van der Waals surface area contributed by atoms with Crippen LogP contribution in [0.4, 0.5) is 10.1 Å². The number of benzene rings is 1. The maximum absolute atomic E-state index is 12.9. The van der Waals surface area contributed by atoms with Crippen LogP contribution in [0.15, 0.2) is 29.1 Å². The minimum Gasteiger partial charge on any atom is -0.326 e. The first kappa shape index (κ1) is 16.0. The zero-order chi connectivity index (χ0) is 17.4. The van der Waals surface area contributed by atoms with Gasteiger partial charge in [-0.1, -0.05) is 0 Å². The lowest BCUT2D eigenvalue weighted by molar-refractivity contribution is -0.116. The lowest BCUT2D eigenvalue weighted by atomic mass is 10.2. The number of rotatable bonds is 4. The molecule has 0 saturated carbocycles. The molecule has 2 aromatic heterocycles. The smallest absolute Gasteiger partial charge is 0.259 e. The van der Waals surface area contributed by atoms with E-state index in [1.54, 1.807) is 11.3 Å². The average Bonchev–Trinajstić information content (AvgIpc) is 3.15. The van der Waals surface area contributed by atoms with E-state index in [2.05, 4.69) is 15.3 Å². The van der Waals surface area contributed by atoms with Crippen LogP contribution in [0.5, 0.6) is 0 Å². The van der Waals surface area contributed by atoms with Crippen molar-refractivity contribution in [3.05, 3.63) is 56.7 Å². The SMILES string of the molecule is O=C(CCc1nc2sc3c(c2c(=O)[nH]1)CCC3)Nc1ccc(F)cc1. The number of nitrogens with zero attached hydrogens (tertiary/aromatic N) is 1. The highest BCUT2D eigenvalue weighted by molar-refractivity contribution is 7.18. The fourth-order valence-corrected chi connectivity index (χ4v) is 4.43. The molecule has 25 heavy (non-hydrogen) atoms. The number of aryl methyl sites for hydroxylation is 3. The molecule has 0 bridgehead atoms. The van der Waals surface area contributed by atoms with Crippen molar-refractivity contribution in [1.29, 1.82) is 0 Å². The molecule has 5 nitrogen and oxygen atoms in total. The van der Waals surface area contributed by atoms with E-state index in [0.29, 0.717) is 17.9 Å². The number of carbonyl (C=O) groups excluding carboxylic acids is 1. The first-order valence-corrected chi connectivity index (χ1v) is 9.00. The second-order valence-electron chi connectivity index (χ2n) is 6.11. The molecular weight excluding hydrogens is 341 g/mol. The van der Waals surface area contributed by atoms with Gasteiger partial charge in [0.2, 0.25) is 5.91 Å². The number of hydrogen-bond donors (Lipinski definition) is 2. The van der Waals surface area contributed by atoms with Crippen LogP contribution in [0.3, 0.4) is 0 Å². The van der Waals surface area contributed by atoms with Crippen LogP contribution in [0.1, 0.15) is 29.1 Å². The van der Waals surface area contributed by atoms with Gasteiger partial charge in [0.05, 0.1) is 5.39 Å². The van der Waals surface area contributed by atoms with Crippen molar-refractivity contribution in [2.45, 2.75) is 32.1 Å². The Kier molecular flexibility index (Phi) is 4.09. The van der Waals surface area contributed by atoms with Gasteiger partial charge in [0.15, 0.2) is 0 Å². The highest BCUT2D eigenvalue weighted by atomic mass is 32.1. The summed E-state index contributed by atoms with van der Waals surface area (Å²) in [7, 11) is 0. The van der Waals surface area contributed by atoms with Crippen molar-refractivity contribution >= 4 is 33.1 Å². The van der Waals surface area contributed by atoms with Crippen molar-refractivity contribution in [1.82, 2.24) is 9.97 Å². The summed E-state index contributed by atoms with van der Waals surface area (Å²) in [5, 5.41) is 3.42. The van der Waals surface area contributed by atoms with Gasteiger partial charge in [0.1, 0.15) is 16.5 Å². The number of aromatic amines is 1. The highest BCUT2D eigenvalue weighted by Crippen LogP contribution is 2.34. The van der Waals surface area contributed by atoms with Crippen LogP contribution in [0.25, 0.3) is 10.2 Å². The van der Waals surface area contributed by atoms with Gasteiger partial charge in [-0.3, -0.25) is 9.59 Å². The Morgan fingerprint density at radius 2 is 2.08 bits per heavy atom. The van der Waals surface area contributed by atoms with Crippen LogP contribution in [-0.4, -0.2) is 15.9 Å². The maximum atomic E-state index is 12.9. The summed E-state index contributed by atoms with van der Waals surface area (Å²) in [6, 6.07) is 5.59. The van der Waals surface area contributed by atoms with Crippen molar-refractivity contribution in [3.8, 4) is 0 Å². The number of H-pyrrole nitrogens is 1. The Labute approximate surface area is 146 Å². The van der Waals surface area contributed by atoms with E-state index in [0.717, 1.165) is 35.0 Å². The monoisotopic (exact) mass is 357 g/mol. The van der Waals surface area contributed by atoms with Gasteiger partial charge in [-0.25, -0.2) is 9.37 Å². The van der Waals surface area contributed by atoms with E-state index in [1.165, 1.54) is 29.1 Å². The quantitative estimate of drug-likeness (QED) is 0.753. The number of fused-ring (bicyclic) bond motifs is 3. The molecule has 0 radical (unpaired) electrons. The molecule has 0 atom stereocenters. The molecule has 0 unspecified atom stereocenters. The van der Waals surface area contributed by atoms with Crippen LogP contribution in [-0.2, 0) is 24.1 Å². The summed E-state index contributed by atoms with van der Waals surface area (Å²) in [4.78, 5) is 33.7. The third-order valence-corrected chi connectivity index (χ3v) is 5.53. The van der Waals surface area contributed by atoms with Crippen molar-refractivity contribution < 1.29 is 9.18 Å². The topological polar surface area (TPSA) is 74.8 Å². The van der Waals surface area contributed by atoms with Gasteiger partial charge >= 0.3 is 0 Å². The first-order valence-electron chi connectivity index (χ1n) is 8.19. The Morgan fingerprint density at radius 3 is 2.88 bits per heavy atom. The van der Waals surface area contributed by atoms with E-state index in [4.69, 9.17) is 0 Å².